The average Bonchev–Trinajstić information content (AvgIpc) is 2.86. The fourth-order valence-electron chi connectivity index (χ4n) is 2.54. The van der Waals surface area contributed by atoms with E-state index < -0.39 is 11.9 Å². The summed E-state index contributed by atoms with van der Waals surface area (Å²) in [4.78, 5) is 27.4. The maximum atomic E-state index is 12.2. The lowest BCUT2D eigenvalue weighted by Crippen LogP contribution is -2.40. The molecule has 6 heteroatoms. The van der Waals surface area contributed by atoms with Gasteiger partial charge < -0.3 is 10.4 Å². The van der Waals surface area contributed by atoms with Crippen molar-refractivity contribution in [1.82, 2.24) is 10.3 Å². The SMILES string of the molecule is CCc1cc(C(=O)NC2CCCC2C(=O)O)cc(Cl)n1. The molecule has 0 radical (unpaired) electrons. The molecule has 0 bridgehead atoms. The molecule has 2 unspecified atom stereocenters. The molecule has 1 fully saturated rings. The van der Waals surface area contributed by atoms with Gasteiger partial charge in [-0.1, -0.05) is 24.9 Å². The van der Waals surface area contributed by atoms with Gasteiger partial charge in [0.2, 0.25) is 0 Å². The van der Waals surface area contributed by atoms with Crippen LogP contribution in [-0.2, 0) is 11.2 Å². The van der Waals surface area contributed by atoms with Crippen molar-refractivity contribution in [2.24, 2.45) is 5.92 Å². The van der Waals surface area contributed by atoms with Crippen LogP contribution in [-0.4, -0.2) is 28.0 Å². The molecule has 1 amide bonds. The molecule has 0 spiro atoms. The Labute approximate surface area is 122 Å². The number of rotatable bonds is 4. The van der Waals surface area contributed by atoms with Crippen LogP contribution in [0.15, 0.2) is 12.1 Å². The Balaban J connectivity index is 2.12. The number of carbonyl (C=O) groups excluding carboxylic acids is 1. The van der Waals surface area contributed by atoms with Gasteiger partial charge in [-0.05, 0) is 31.4 Å². The molecule has 2 atom stereocenters. The number of hydrogen-bond acceptors (Lipinski definition) is 3. The standard InChI is InChI=1S/C14H17ClN2O3/c1-2-9-6-8(7-12(15)16-9)13(18)17-11-5-3-4-10(11)14(19)20/h6-7,10-11H,2-5H2,1H3,(H,17,18)(H,19,20). The second-order valence-electron chi connectivity index (χ2n) is 4.98. The summed E-state index contributed by atoms with van der Waals surface area (Å²) in [5.41, 5.74) is 1.17. The van der Waals surface area contributed by atoms with Crippen LogP contribution in [0.5, 0.6) is 0 Å². The molecule has 1 aliphatic carbocycles. The summed E-state index contributed by atoms with van der Waals surface area (Å²) in [5.74, 6) is -1.64. The molecule has 108 valence electrons. The summed E-state index contributed by atoms with van der Waals surface area (Å²) in [7, 11) is 0. The first-order chi connectivity index (χ1) is 9.51. The third-order valence-corrected chi connectivity index (χ3v) is 3.81. The van der Waals surface area contributed by atoms with E-state index in [1.54, 1.807) is 6.07 Å². The lowest BCUT2D eigenvalue weighted by Gasteiger charge is -2.17. The van der Waals surface area contributed by atoms with Crippen LogP contribution < -0.4 is 5.32 Å². The number of nitrogens with one attached hydrogen (secondary N) is 1. The smallest absolute Gasteiger partial charge is 0.308 e. The molecule has 1 aromatic rings. The number of hydrogen-bond donors (Lipinski definition) is 2. The molecular formula is C14H17ClN2O3. The second-order valence-corrected chi connectivity index (χ2v) is 5.37. The van der Waals surface area contributed by atoms with Crippen molar-refractivity contribution in [3.8, 4) is 0 Å². The van der Waals surface area contributed by atoms with Crippen LogP contribution in [0.2, 0.25) is 5.15 Å². The van der Waals surface area contributed by atoms with Crippen molar-refractivity contribution in [2.75, 3.05) is 0 Å². The normalized spacial score (nSPS) is 21.7. The number of carbonyl (C=O) groups is 2. The highest BCUT2D eigenvalue weighted by Gasteiger charge is 2.34. The van der Waals surface area contributed by atoms with Gasteiger partial charge in [0.05, 0.1) is 5.92 Å². The van der Waals surface area contributed by atoms with E-state index in [1.165, 1.54) is 6.07 Å². The zero-order chi connectivity index (χ0) is 14.7. The summed E-state index contributed by atoms with van der Waals surface area (Å²) in [6.45, 7) is 1.93. The predicted octanol–water partition coefficient (Wildman–Crippen LogP) is 2.28. The Morgan fingerprint density at radius 3 is 2.85 bits per heavy atom. The number of aliphatic carboxylic acids is 1. The molecule has 1 aromatic heterocycles. The van der Waals surface area contributed by atoms with Crippen LogP contribution in [0, 0.1) is 5.92 Å². The maximum Gasteiger partial charge on any atom is 0.308 e. The minimum Gasteiger partial charge on any atom is -0.481 e. The quantitative estimate of drug-likeness (QED) is 0.836. The summed E-state index contributed by atoms with van der Waals surface area (Å²) in [6, 6.07) is 2.88. The van der Waals surface area contributed by atoms with E-state index in [1.807, 2.05) is 6.92 Å². The van der Waals surface area contributed by atoms with E-state index in [9.17, 15) is 9.59 Å². The molecule has 2 rings (SSSR count). The highest BCUT2D eigenvalue weighted by molar-refractivity contribution is 6.29. The lowest BCUT2D eigenvalue weighted by atomic mass is 10.0. The molecule has 1 aliphatic rings. The first-order valence-corrected chi connectivity index (χ1v) is 7.09. The van der Waals surface area contributed by atoms with Crippen molar-refractivity contribution < 1.29 is 14.7 Å². The molecule has 1 saturated carbocycles. The minimum atomic E-state index is -0.852. The highest BCUT2D eigenvalue weighted by atomic mass is 35.5. The minimum absolute atomic E-state index is 0.274. The van der Waals surface area contributed by atoms with Gasteiger partial charge in [0, 0.05) is 17.3 Å². The topological polar surface area (TPSA) is 79.3 Å². The number of pyridine rings is 1. The predicted molar refractivity (Wildman–Crippen MR) is 74.9 cm³/mol. The van der Waals surface area contributed by atoms with Gasteiger partial charge in [-0.15, -0.1) is 0 Å². The third-order valence-electron chi connectivity index (χ3n) is 3.62. The zero-order valence-electron chi connectivity index (χ0n) is 11.2. The molecule has 0 aromatic carbocycles. The Bertz CT molecular complexity index is 533. The number of halogens is 1. The van der Waals surface area contributed by atoms with Crippen LogP contribution in [0.25, 0.3) is 0 Å². The Hall–Kier alpha value is -1.62. The molecule has 20 heavy (non-hydrogen) atoms. The van der Waals surface area contributed by atoms with Crippen molar-refractivity contribution in [2.45, 2.75) is 38.6 Å². The van der Waals surface area contributed by atoms with E-state index in [0.29, 0.717) is 24.8 Å². The first kappa shape index (κ1) is 14.8. The van der Waals surface area contributed by atoms with Gasteiger partial charge in [-0.25, -0.2) is 4.98 Å². The van der Waals surface area contributed by atoms with Crippen LogP contribution in [0.3, 0.4) is 0 Å². The van der Waals surface area contributed by atoms with E-state index in [-0.39, 0.29) is 17.1 Å². The van der Waals surface area contributed by atoms with Crippen LogP contribution in [0.4, 0.5) is 0 Å². The van der Waals surface area contributed by atoms with E-state index in [4.69, 9.17) is 16.7 Å². The number of carboxylic acids is 1. The summed E-state index contributed by atoms with van der Waals surface area (Å²) in [6.07, 6.45) is 2.81. The van der Waals surface area contributed by atoms with Gasteiger partial charge >= 0.3 is 5.97 Å². The van der Waals surface area contributed by atoms with Gasteiger partial charge in [0.25, 0.3) is 5.91 Å². The first-order valence-electron chi connectivity index (χ1n) is 6.71. The van der Waals surface area contributed by atoms with Gasteiger partial charge in [-0.2, -0.15) is 0 Å². The van der Waals surface area contributed by atoms with Crippen molar-refractivity contribution >= 4 is 23.5 Å². The lowest BCUT2D eigenvalue weighted by molar-refractivity contribution is -0.142. The molecule has 1 heterocycles. The van der Waals surface area contributed by atoms with Gasteiger partial charge in [0.15, 0.2) is 0 Å². The number of aryl methyl sites for hydroxylation is 1. The van der Waals surface area contributed by atoms with Crippen molar-refractivity contribution in [3.05, 3.63) is 28.5 Å². The molecule has 0 aliphatic heterocycles. The van der Waals surface area contributed by atoms with Crippen LogP contribution in [0.1, 0.15) is 42.2 Å². The summed E-state index contributed by atoms with van der Waals surface area (Å²) in [5, 5.41) is 12.2. The third kappa shape index (κ3) is 3.28. The van der Waals surface area contributed by atoms with E-state index >= 15 is 0 Å². The van der Waals surface area contributed by atoms with Gasteiger partial charge in [-0.3, -0.25) is 9.59 Å². The highest BCUT2D eigenvalue weighted by Crippen LogP contribution is 2.26. The Morgan fingerprint density at radius 1 is 1.45 bits per heavy atom. The Kier molecular flexibility index (Phi) is 4.60. The number of aromatic nitrogens is 1. The molecule has 5 nitrogen and oxygen atoms in total. The second kappa shape index (κ2) is 6.22. The maximum absolute atomic E-state index is 12.2. The summed E-state index contributed by atoms with van der Waals surface area (Å²) >= 11 is 5.88. The molecule has 2 N–H and O–H groups in total. The Morgan fingerprint density at radius 2 is 2.20 bits per heavy atom. The van der Waals surface area contributed by atoms with Crippen molar-refractivity contribution in [3.63, 3.8) is 0 Å². The van der Waals surface area contributed by atoms with Gasteiger partial charge in [0.1, 0.15) is 5.15 Å². The molecule has 0 saturated heterocycles. The monoisotopic (exact) mass is 296 g/mol. The largest absolute Gasteiger partial charge is 0.481 e. The van der Waals surface area contributed by atoms with Crippen molar-refractivity contribution in [1.29, 1.82) is 0 Å². The molecular weight excluding hydrogens is 280 g/mol. The van der Waals surface area contributed by atoms with E-state index in [0.717, 1.165) is 12.1 Å². The number of carboxylic acid groups (broad SMARTS) is 1. The fraction of sp³-hybridized carbons (Fsp3) is 0.500. The fourth-order valence-corrected chi connectivity index (χ4v) is 2.77. The zero-order valence-corrected chi connectivity index (χ0v) is 12.0. The average molecular weight is 297 g/mol. The summed E-state index contributed by atoms with van der Waals surface area (Å²) < 4.78 is 0. The van der Waals surface area contributed by atoms with Crippen LogP contribution >= 0.6 is 11.6 Å². The van der Waals surface area contributed by atoms with E-state index in [2.05, 4.69) is 10.3 Å². The number of amides is 1. The number of nitrogens with zero attached hydrogens (tertiary/aromatic N) is 1.